The highest BCUT2D eigenvalue weighted by Gasteiger charge is 2.44. The number of carbonyl (C=O) groups excluding carboxylic acids is 1. The summed E-state index contributed by atoms with van der Waals surface area (Å²) in [6.07, 6.45) is 3.04. The number of ether oxygens (including phenoxy) is 1. The Kier molecular flexibility index (Phi) is 3.20. The number of aldehydes is 1. The minimum atomic E-state index is -0.201. The van der Waals surface area contributed by atoms with Crippen molar-refractivity contribution in [2.45, 2.75) is 24.8 Å². The van der Waals surface area contributed by atoms with Crippen LogP contribution in [-0.4, -0.2) is 32.4 Å². The van der Waals surface area contributed by atoms with Crippen molar-refractivity contribution in [3.63, 3.8) is 0 Å². The van der Waals surface area contributed by atoms with Crippen LogP contribution in [-0.2, 0) is 16.8 Å². The first-order valence-corrected chi connectivity index (χ1v) is 5.90. The quantitative estimate of drug-likeness (QED) is 0.728. The lowest BCUT2D eigenvalue weighted by Gasteiger charge is -2.16. The third kappa shape index (κ3) is 2.34. The van der Waals surface area contributed by atoms with E-state index in [4.69, 9.17) is 4.74 Å². The van der Waals surface area contributed by atoms with Gasteiger partial charge in [-0.05, 0) is 44.6 Å². The fourth-order valence-corrected chi connectivity index (χ4v) is 2.16. The highest BCUT2D eigenvalue weighted by atomic mass is 16.5. The predicted molar refractivity (Wildman–Crippen MR) is 67.4 cm³/mol. The molecule has 17 heavy (non-hydrogen) atoms. The predicted octanol–water partition coefficient (Wildman–Crippen LogP) is 1.99. The first-order chi connectivity index (χ1) is 8.11. The highest BCUT2D eigenvalue weighted by Crippen LogP contribution is 2.47. The third-order valence-corrected chi connectivity index (χ3v) is 3.36. The topological polar surface area (TPSA) is 29.5 Å². The number of rotatable bonds is 5. The molecule has 0 N–H and O–H groups in total. The summed E-state index contributed by atoms with van der Waals surface area (Å²) in [4.78, 5) is 13.2. The van der Waals surface area contributed by atoms with Crippen molar-refractivity contribution in [2.75, 3.05) is 21.2 Å². The Morgan fingerprint density at radius 2 is 2.12 bits per heavy atom. The SMILES string of the molecule is COc1ccc(C2(C=O)CC2)cc1CN(C)C. The molecule has 0 saturated heterocycles. The Labute approximate surface area is 102 Å². The van der Waals surface area contributed by atoms with Gasteiger partial charge in [-0.15, -0.1) is 0 Å². The largest absolute Gasteiger partial charge is 0.496 e. The molecule has 1 aromatic rings. The van der Waals surface area contributed by atoms with Crippen LogP contribution in [0.2, 0.25) is 0 Å². The van der Waals surface area contributed by atoms with Crippen LogP contribution >= 0.6 is 0 Å². The number of hydrogen-bond donors (Lipinski definition) is 0. The second kappa shape index (κ2) is 4.49. The van der Waals surface area contributed by atoms with Crippen molar-refractivity contribution in [3.8, 4) is 5.75 Å². The van der Waals surface area contributed by atoms with Crippen molar-refractivity contribution in [1.82, 2.24) is 4.90 Å². The summed E-state index contributed by atoms with van der Waals surface area (Å²) in [6.45, 7) is 0.825. The molecule has 1 aliphatic rings. The van der Waals surface area contributed by atoms with E-state index in [2.05, 4.69) is 11.0 Å². The molecule has 0 aromatic heterocycles. The maximum atomic E-state index is 11.1. The first-order valence-electron chi connectivity index (χ1n) is 5.90. The summed E-state index contributed by atoms with van der Waals surface area (Å²) in [5.74, 6) is 0.893. The van der Waals surface area contributed by atoms with E-state index in [0.717, 1.165) is 42.5 Å². The molecule has 1 fully saturated rings. The summed E-state index contributed by atoms with van der Waals surface area (Å²) in [5.41, 5.74) is 2.07. The zero-order valence-corrected chi connectivity index (χ0v) is 10.7. The molecular formula is C14H19NO2. The smallest absolute Gasteiger partial charge is 0.130 e. The van der Waals surface area contributed by atoms with Gasteiger partial charge >= 0.3 is 0 Å². The van der Waals surface area contributed by atoms with E-state index in [9.17, 15) is 4.79 Å². The Morgan fingerprint density at radius 3 is 2.59 bits per heavy atom. The third-order valence-electron chi connectivity index (χ3n) is 3.36. The molecule has 0 aliphatic heterocycles. The minimum Gasteiger partial charge on any atom is -0.496 e. The van der Waals surface area contributed by atoms with E-state index in [1.54, 1.807) is 7.11 Å². The summed E-state index contributed by atoms with van der Waals surface area (Å²) in [7, 11) is 5.73. The Bertz CT molecular complexity index is 422. The molecule has 3 nitrogen and oxygen atoms in total. The molecule has 0 atom stereocenters. The van der Waals surface area contributed by atoms with Crippen LogP contribution in [0.15, 0.2) is 18.2 Å². The fraction of sp³-hybridized carbons (Fsp3) is 0.500. The van der Waals surface area contributed by atoms with Crippen LogP contribution in [0.3, 0.4) is 0 Å². The van der Waals surface area contributed by atoms with Gasteiger partial charge in [0.2, 0.25) is 0 Å². The second-order valence-corrected chi connectivity index (χ2v) is 5.04. The summed E-state index contributed by atoms with van der Waals surface area (Å²) in [5, 5.41) is 0. The van der Waals surface area contributed by atoms with Crippen LogP contribution in [0.25, 0.3) is 0 Å². The lowest BCUT2D eigenvalue weighted by Crippen LogP contribution is -2.14. The highest BCUT2D eigenvalue weighted by molar-refractivity contribution is 5.73. The molecule has 0 bridgehead atoms. The molecule has 0 spiro atoms. The van der Waals surface area contributed by atoms with Crippen LogP contribution in [0.4, 0.5) is 0 Å². The Hall–Kier alpha value is -1.35. The van der Waals surface area contributed by atoms with Crippen LogP contribution in [0.1, 0.15) is 24.0 Å². The lowest BCUT2D eigenvalue weighted by molar-refractivity contribution is -0.109. The minimum absolute atomic E-state index is 0.201. The molecule has 1 aliphatic carbocycles. The van der Waals surface area contributed by atoms with Crippen molar-refractivity contribution in [3.05, 3.63) is 29.3 Å². The van der Waals surface area contributed by atoms with E-state index < -0.39 is 0 Å². The van der Waals surface area contributed by atoms with Gasteiger partial charge in [0.1, 0.15) is 12.0 Å². The maximum Gasteiger partial charge on any atom is 0.130 e. The van der Waals surface area contributed by atoms with Crippen molar-refractivity contribution in [2.24, 2.45) is 0 Å². The van der Waals surface area contributed by atoms with Gasteiger partial charge in [0.15, 0.2) is 0 Å². The first kappa shape index (κ1) is 12.1. The van der Waals surface area contributed by atoms with E-state index in [-0.39, 0.29) is 5.41 Å². The van der Waals surface area contributed by atoms with Gasteiger partial charge in [-0.1, -0.05) is 6.07 Å². The summed E-state index contributed by atoms with van der Waals surface area (Å²) in [6, 6.07) is 6.09. The zero-order chi connectivity index (χ0) is 12.5. The monoisotopic (exact) mass is 233 g/mol. The van der Waals surface area contributed by atoms with Crippen molar-refractivity contribution < 1.29 is 9.53 Å². The maximum absolute atomic E-state index is 11.1. The van der Waals surface area contributed by atoms with Crippen LogP contribution in [0.5, 0.6) is 5.75 Å². The van der Waals surface area contributed by atoms with E-state index >= 15 is 0 Å². The number of carbonyl (C=O) groups is 1. The van der Waals surface area contributed by atoms with Gasteiger partial charge in [0.05, 0.1) is 12.5 Å². The standard InChI is InChI=1S/C14H19NO2/c1-15(2)9-11-8-12(4-5-13(11)17-3)14(10-16)6-7-14/h4-5,8,10H,6-7,9H2,1-3H3. The average molecular weight is 233 g/mol. The molecule has 1 aromatic carbocycles. The molecule has 0 amide bonds. The number of hydrogen-bond acceptors (Lipinski definition) is 3. The number of benzene rings is 1. The van der Waals surface area contributed by atoms with E-state index in [1.807, 2.05) is 26.2 Å². The van der Waals surface area contributed by atoms with Crippen molar-refractivity contribution >= 4 is 6.29 Å². The molecular weight excluding hydrogens is 214 g/mol. The fourth-order valence-electron chi connectivity index (χ4n) is 2.16. The van der Waals surface area contributed by atoms with Gasteiger partial charge in [0, 0.05) is 12.1 Å². The molecule has 0 radical (unpaired) electrons. The zero-order valence-electron chi connectivity index (χ0n) is 10.7. The van der Waals surface area contributed by atoms with Crippen molar-refractivity contribution in [1.29, 1.82) is 0 Å². The molecule has 0 unspecified atom stereocenters. The Morgan fingerprint density at radius 1 is 1.41 bits per heavy atom. The molecule has 2 rings (SSSR count). The average Bonchev–Trinajstić information content (AvgIpc) is 3.09. The van der Waals surface area contributed by atoms with Crippen LogP contribution in [0, 0.1) is 0 Å². The molecule has 92 valence electrons. The van der Waals surface area contributed by atoms with Gasteiger partial charge in [-0.3, -0.25) is 0 Å². The van der Waals surface area contributed by atoms with E-state index in [1.165, 1.54) is 0 Å². The number of nitrogens with zero attached hydrogens (tertiary/aromatic N) is 1. The summed E-state index contributed by atoms with van der Waals surface area (Å²) < 4.78 is 5.35. The molecule has 3 heteroatoms. The molecule has 1 saturated carbocycles. The lowest BCUT2D eigenvalue weighted by atomic mass is 9.95. The van der Waals surface area contributed by atoms with E-state index in [0.29, 0.717) is 0 Å². The molecule has 0 heterocycles. The number of methoxy groups -OCH3 is 1. The van der Waals surface area contributed by atoms with Gasteiger partial charge < -0.3 is 14.4 Å². The van der Waals surface area contributed by atoms with Gasteiger partial charge in [-0.25, -0.2) is 0 Å². The second-order valence-electron chi connectivity index (χ2n) is 5.04. The van der Waals surface area contributed by atoms with Gasteiger partial charge in [-0.2, -0.15) is 0 Å². The Balaban J connectivity index is 2.34. The normalized spacial score (nSPS) is 16.9. The van der Waals surface area contributed by atoms with Crippen LogP contribution < -0.4 is 4.74 Å². The van der Waals surface area contributed by atoms with Gasteiger partial charge in [0.25, 0.3) is 0 Å². The summed E-state index contributed by atoms with van der Waals surface area (Å²) >= 11 is 0.